The summed E-state index contributed by atoms with van der Waals surface area (Å²) in [6.45, 7) is 4.74. The van der Waals surface area contributed by atoms with Crippen molar-refractivity contribution in [3.8, 4) is 11.5 Å². The Morgan fingerprint density at radius 1 is 1.20 bits per heavy atom. The van der Waals surface area contributed by atoms with Crippen molar-refractivity contribution in [3.05, 3.63) is 48.3 Å². The molecular formula is C16H18N2O2. The number of fused-ring (bicyclic) bond motifs is 1. The van der Waals surface area contributed by atoms with Crippen LogP contribution in [0.25, 0.3) is 0 Å². The van der Waals surface area contributed by atoms with E-state index in [0.717, 1.165) is 35.7 Å². The van der Waals surface area contributed by atoms with E-state index in [0.29, 0.717) is 0 Å². The van der Waals surface area contributed by atoms with Gasteiger partial charge in [-0.2, -0.15) is 0 Å². The highest BCUT2D eigenvalue weighted by Crippen LogP contribution is 2.42. The molecule has 4 nitrogen and oxygen atoms in total. The molecule has 104 valence electrons. The van der Waals surface area contributed by atoms with Gasteiger partial charge in [0.15, 0.2) is 11.5 Å². The third kappa shape index (κ3) is 2.54. The summed E-state index contributed by atoms with van der Waals surface area (Å²) in [4.78, 5) is 4.10. The minimum absolute atomic E-state index is 0.537. The first-order chi connectivity index (χ1) is 9.68. The summed E-state index contributed by atoms with van der Waals surface area (Å²) < 4.78 is 11.7. The lowest BCUT2D eigenvalue weighted by Gasteiger charge is -2.20. The molecule has 20 heavy (non-hydrogen) atoms. The molecule has 0 amide bonds. The SMILES string of the molecule is CC[C@]1(C)Oc2ccc(NCc3cccnc3)cc2O1. The summed E-state index contributed by atoms with van der Waals surface area (Å²) in [6, 6.07) is 9.90. The molecule has 1 N–H and O–H groups in total. The van der Waals surface area contributed by atoms with Gasteiger partial charge in [-0.25, -0.2) is 0 Å². The van der Waals surface area contributed by atoms with E-state index < -0.39 is 5.79 Å². The van der Waals surface area contributed by atoms with E-state index in [1.54, 1.807) is 6.20 Å². The Kier molecular flexibility index (Phi) is 3.22. The van der Waals surface area contributed by atoms with Crippen LogP contribution < -0.4 is 14.8 Å². The fraction of sp³-hybridized carbons (Fsp3) is 0.312. The Labute approximate surface area is 118 Å². The second-order valence-corrected chi connectivity index (χ2v) is 5.07. The molecule has 3 rings (SSSR count). The van der Waals surface area contributed by atoms with Crippen LogP contribution in [0, 0.1) is 0 Å². The predicted molar refractivity (Wildman–Crippen MR) is 78.0 cm³/mol. The zero-order valence-corrected chi connectivity index (χ0v) is 11.7. The van der Waals surface area contributed by atoms with Gasteiger partial charge in [-0.3, -0.25) is 4.98 Å². The fourth-order valence-corrected chi connectivity index (χ4v) is 2.12. The van der Waals surface area contributed by atoms with Gasteiger partial charge in [0.2, 0.25) is 5.79 Å². The Hall–Kier alpha value is -2.23. The lowest BCUT2D eigenvalue weighted by Crippen LogP contribution is -2.33. The molecule has 4 heteroatoms. The van der Waals surface area contributed by atoms with E-state index in [2.05, 4.69) is 10.3 Å². The molecule has 1 aromatic heterocycles. The van der Waals surface area contributed by atoms with Crippen LogP contribution >= 0.6 is 0 Å². The number of hydrogen-bond acceptors (Lipinski definition) is 4. The van der Waals surface area contributed by atoms with Crippen molar-refractivity contribution in [1.29, 1.82) is 0 Å². The van der Waals surface area contributed by atoms with Crippen molar-refractivity contribution in [2.24, 2.45) is 0 Å². The number of rotatable bonds is 4. The summed E-state index contributed by atoms with van der Waals surface area (Å²) in [7, 11) is 0. The average molecular weight is 270 g/mol. The van der Waals surface area contributed by atoms with Crippen LogP contribution in [0.15, 0.2) is 42.7 Å². The monoisotopic (exact) mass is 270 g/mol. The number of nitrogens with one attached hydrogen (secondary N) is 1. The molecule has 0 aliphatic carbocycles. The van der Waals surface area contributed by atoms with E-state index in [1.165, 1.54) is 0 Å². The lowest BCUT2D eigenvalue weighted by molar-refractivity contribution is -0.0640. The number of aromatic nitrogens is 1. The Bertz CT molecular complexity index is 601. The van der Waals surface area contributed by atoms with Gasteiger partial charge in [-0.05, 0) is 23.8 Å². The third-order valence-electron chi connectivity index (χ3n) is 3.46. The van der Waals surface area contributed by atoms with Gasteiger partial charge in [0, 0.05) is 44.0 Å². The highest BCUT2D eigenvalue weighted by atomic mass is 16.7. The highest BCUT2D eigenvalue weighted by molar-refractivity contribution is 5.56. The van der Waals surface area contributed by atoms with Crippen molar-refractivity contribution >= 4 is 5.69 Å². The molecule has 1 aromatic carbocycles. The maximum Gasteiger partial charge on any atom is 0.248 e. The van der Waals surface area contributed by atoms with Crippen LogP contribution in [0.4, 0.5) is 5.69 Å². The van der Waals surface area contributed by atoms with Crippen molar-refractivity contribution in [2.45, 2.75) is 32.6 Å². The maximum atomic E-state index is 5.86. The molecule has 2 aromatic rings. The van der Waals surface area contributed by atoms with Crippen LogP contribution in [0.3, 0.4) is 0 Å². The van der Waals surface area contributed by atoms with Crippen molar-refractivity contribution in [2.75, 3.05) is 5.32 Å². The molecule has 2 heterocycles. The van der Waals surface area contributed by atoms with Gasteiger partial charge in [-0.1, -0.05) is 13.0 Å². The van der Waals surface area contributed by atoms with Gasteiger partial charge in [0.25, 0.3) is 0 Å². The van der Waals surface area contributed by atoms with Crippen LogP contribution in [-0.2, 0) is 6.54 Å². The van der Waals surface area contributed by atoms with Gasteiger partial charge in [0.05, 0.1) is 0 Å². The van der Waals surface area contributed by atoms with Gasteiger partial charge >= 0.3 is 0 Å². The standard InChI is InChI=1S/C16H18N2O2/c1-3-16(2)19-14-7-6-13(9-15(14)20-16)18-11-12-5-4-8-17-10-12/h4-10,18H,3,11H2,1-2H3/t16-/m1/s1. The van der Waals surface area contributed by atoms with Crippen LogP contribution in [-0.4, -0.2) is 10.8 Å². The topological polar surface area (TPSA) is 43.4 Å². The summed E-state index contributed by atoms with van der Waals surface area (Å²) in [5.41, 5.74) is 2.15. The molecule has 1 atom stereocenters. The van der Waals surface area contributed by atoms with E-state index in [9.17, 15) is 0 Å². The molecule has 0 spiro atoms. The largest absolute Gasteiger partial charge is 0.449 e. The Morgan fingerprint density at radius 3 is 2.80 bits per heavy atom. The van der Waals surface area contributed by atoms with Crippen LogP contribution in [0.1, 0.15) is 25.8 Å². The first kappa shape index (κ1) is 12.8. The lowest BCUT2D eigenvalue weighted by atomic mass is 10.2. The fourth-order valence-electron chi connectivity index (χ4n) is 2.12. The maximum absolute atomic E-state index is 5.86. The molecule has 1 aliphatic rings. The summed E-state index contributed by atoms with van der Waals surface area (Å²) in [5, 5.41) is 3.36. The van der Waals surface area contributed by atoms with Gasteiger partial charge in [-0.15, -0.1) is 0 Å². The van der Waals surface area contributed by atoms with E-state index >= 15 is 0 Å². The van der Waals surface area contributed by atoms with Gasteiger partial charge < -0.3 is 14.8 Å². The minimum atomic E-state index is -0.537. The second-order valence-electron chi connectivity index (χ2n) is 5.07. The smallest absolute Gasteiger partial charge is 0.248 e. The Morgan fingerprint density at radius 2 is 2.05 bits per heavy atom. The van der Waals surface area contributed by atoms with Crippen molar-refractivity contribution in [3.63, 3.8) is 0 Å². The summed E-state index contributed by atoms with van der Waals surface area (Å²) in [5.74, 6) is 1.07. The van der Waals surface area contributed by atoms with Crippen LogP contribution in [0.2, 0.25) is 0 Å². The number of anilines is 1. The second kappa shape index (κ2) is 5.04. The average Bonchev–Trinajstić information content (AvgIpc) is 2.82. The first-order valence-corrected chi connectivity index (χ1v) is 6.83. The van der Waals surface area contributed by atoms with Crippen LogP contribution in [0.5, 0.6) is 11.5 Å². The van der Waals surface area contributed by atoms with Gasteiger partial charge in [0.1, 0.15) is 0 Å². The number of nitrogens with zero attached hydrogens (tertiary/aromatic N) is 1. The van der Waals surface area contributed by atoms with E-state index in [-0.39, 0.29) is 0 Å². The predicted octanol–water partition coefficient (Wildman–Crippen LogP) is 3.59. The number of ether oxygens (including phenoxy) is 2. The Balaban J connectivity index is 1.70. The highest BCUT2D eigenvalue weighted by Gasteiger charge is 2.34. The number of hydrogen-bond donors (Lipinski definition) is 1. The van der Waals surface area contributed by atoms with E-state index in [1.807, 2.05) is 50.4 Å². The first-order valence-electron chi connectivity index (χ1n) is 6.83. The summed E-state index contributed by atoms with van der Waals surface area (Å²) >= 11 is 0. The molecule has 1 aliphatic heterocycles. The van der Waals surface area contributed by atoms with Crippen molar-refractivity contribution < 1.29 is 9.47 Å². The zero-order chi connectivity index (χ0) is 14.0. The molecule has 0 bridgehead atoms. The normalized spacial score (nSPS) is 19.9. The minimum Gasteiger partial charge on any atom is -0.449 e. The molecule has 0 saturated heterocycles. The molecule has 0 unspecified atom stereocenters. The third-order valence-corrected chi connectivity index (χ3v) is 3.46. The van der Waals surface area contributed by atoms with E-state index in [4.69, 9.17) is 9.47 Å². The molecule has 0 fully saturated rings. The van der Waals surface area contributed by atoms with Crippen molar-refractivity contribution in [1.82, 2.24) is 4.98 Å². The molecule has 0 saturated carbocycles. The quantitative estimate of drug-likeness (QED) is 0.922. The number of pyridine rings is 1. The zero-order valence-electron chi connectivity index (χ0n) is 11.7. The summed E-state index contributed by atoms with van der Waals surface area (Å²) in [6.07, 6.45) is 4.43. The number of benzene rings is 1. The molecule has 0 radical (unpaired) electrons. The molecular weight excluding hydrogens is 252 g/mol.